The Kier molecular flexibility index (Phi) is 5.14. The van der Waals surface area contributed by atoms with E-state index in [1.54, 1.807) is 6.92 Å². The highest BCUT2D eigenvalue weighted by Crippen LogP contribution is 2.05. The number of esters is 1. The Bertz CT molecular complexity index is 429. The van der Waals surface area contributed by atoms with E-state index in [2.05, 4.69) is 0 Å². The predicted octanol–water partition coefficient (Wildman–Crippen LogP) is 3.55. The summed E-state index contributed by atoms with van der Waals surface area (Å²) in [6.45, 7) is 3.13. The minimum absolute atomic E-state index is 0.225. The number of hydrogen-bond acceptors (Lipinski definition) is 2. The normalized spacial score (nSPS) is 12.4. The maximum absolute atomic E-state index is 12.4. The third-order valence-electron chi connectivity index (χ3n) is 2.10. The van der Waals surface area contributed by atoms with Crippen LogP contribution in [0, 0.1) is 0 Å². The van der Waals surface area contributed by atoms with E-state index >= 15 is 0 Å². The lowest BCUT2D eigenvalue weighted by Crippen LogP contribution is -2.05. The zero-order valence-electron chi connectivity index (χ0n) is 9.94. The number of ether oxygens (including phenoxy) is 1. The summed E-state index contributed by atoms with van der Waals surface area (Å²) in [6.07, 6.45) is 2.64. The molecular weight excluding hydrogens is 219 g/mol. The molecule has 0 fully saturated rings. The van der Waals surface area contributed by atoms with E-state index in [-0.39, 0.29) is 12.4 Å². The van der Waals surface area contributed by atoms with Gasteiger partial charge in [-0.25, -0.2) is 9.18 Å². The predicted molar refractivity (Wildman–Crippen MR) is 64.9 cm³/mol. The van der Waals surface area contributed by atoms with E-state index in [0.29, 0.717) is 5.57 Å². The first-order chi connectivity index (χ1) is 8.09. The lowest BCUT2D eigenvalue weighted by Gasteiger charge is -2.04. The maximum atomic E-state index is 12.4. The Morgan fingerprint density at radius 3 is 2.47 bits per heavy atom. The molecule has 0 radical (unpaired) electrons. The highest BCUT2D eigenvalue weighted by atomic mass is 19.1. The summed E-state index contributed by atoms with van der Waals surface area (Å²) in [4.78, 5) is 11.5. The Morgan fingerprint density at radius 1 is 1.24 bits per heavy atom. The summed E-state index contributed by atoms with van der Waals surface area (Å²) < 4.78 is 17.5. The summed E-state index contributed by atoms with van der Waals surface area (Å²) in [6, 6.07) is 9.39. The molecule has 0 bridgehead atoms. The number of allylic oxidation sites excluding steroid dienone is 3. The van der Waals surface area contributed by atoms with Gasteiger partial charge in [-0.05, 0) is 31.6 Å². The van der Waals surface area contributed by atoms with E-state index in [4.69, 9.17) is 4.74 Å². The fourth-order valence-electron chi connectivity index (χ4n) is 1.14. The first-order valence-corrected chi connectivity index (χ1v) is 5.31. The van der Waals surface area contributed by atoms with Crippen molar-refractivity contribution >= 4 is 5.97 Å². The quantitative estimate of drug-likeness (QED) is 0.452. The zero-order valence-corrected chi connectivity index (χ0v) is 9.94. The van der Waals surface area contributed by atoms with Crippen molar-refractivity contribution in [2.24, 2.45) is 0 Å². The molecule has 0 spiro atoms. The molecule has 0 aromatic heterocycles. The number of hydrogen-bond donors (Lipinski definition) is 0. The fourth-order valence-corrected chi connectivity index (χ4v) is 1.14. The number of rotatable bonds is 4. The molecule has 0 aliphatic rings. The van der Waals surface area contributed by atoms with Gasteiger partial charge in [0, 0.05) is 5.57 Å². The van der Waals surface area contributed by atoms with Gasteiger partial charge < -0.3 is 4.74 Å². The Labute approximate surface area is 100 Å². The molecule has 17 heavy (non-hydrogen) atoms. The van der Waals surface area contributed by atoms with Crippen molar-refractivity contribution in [1.82, 2.24) is 0 Å². The second-order valence-corrected chi connectivity index (χ2v) is 3.66. The van der Waals surface area contributed by atoms with E-state index in [1.807, 2.05) is 30.3 Å². The number of carbonyl (C=O) groups excluding carboxylic acids is 1. The van der Waals surface area contributed by atoms with Gasteiger partial charge in [-0.3, -0.25) is 0 Å². The van der Waals surface area contributed by atoms with Crippen LogP contribution in [0.5, 0.6) is 0 Å². The number of carbonyl (C=O) groups is 1. The highest BCUT2D eigenvalue weighted by molar-refractivity contribution is 5.88. The summed E-state index contributed by atoms with van der Waals surface area (Å²) in [7, 11) is 0. The lowest BCUT2D eigenvalue weighted by atomic mass is 10.2. The monoisotopic (exact) mass is 234 g/mol. The van der Waals surface area contributed by atoms with E-state index in [9.17, 15) is 9.18 Å². The Hall–Kier alpha value is -1.90. The van der Waals surface area contributed by atoms with Crippen LogP contribution in [-0.4, -0.2) is 5.97 Å². The summed E-state index contributed by atoms with van der Waals surface area (Å²) in [5.74, 6) is -0.786. The van der Waals surface area contributed by atoms with Gasteiger partial charge >= 0.3 is 5.97 Å². The van der Waals surface area contributed by atoms with Crippen molar-refractivity contribution in [1.29, 1.82) is 0 Å². The fraction of sp³-hybridized carbons (Fsp3) is 0.214. The molecular formula is C14H15FO2. The van der Waals surface area contributed by atoms with Crippen LogP contribution in [0.4, 0.5) is 4.39 Å². The van der Waals surface area contributed by atoms with Crippen LogP contribution in [0.3, 0.4) is 0 Å². The first kappa shape index (κ1) is 13.2. The van der Waals surface area contributed by atoms with Crippen LogP contribution in [-0.2, 0) is 16.1 Å². The molecule has 0 saturated heterocycles. The van der Waals surface area contributed by atoms with Crippen molar-refractivity contribution in [3.05, 3.63) is 59.4 Å². The molecule has 1 aromatic carbocycles. The smallest absolute Gasteiger partial charge is 0.334 e. The van der Waals surface area contributed by atoms with Crippen molar-refractivity contribution in [2.75, 3.05) is 0 Å². The third-order valence-corrected chi connectivity index (χ3v) is 2.10. The Morgan fingerprint density at radius 2 is 1.88 bits per heavy atom. The van der Waals surface area contributed by atoms with Crippen LogP contribution in [0.25, 0.3) is 0 Å². The minimum atomic E-state index is -0.439. The van der Waals surface area contributed by atoms with Gasteiger partial charge in [0.05, 0.1) is 5.83 Å². The highest BCUT2D eigenvalue weighted by Gasteiger charge is 2.04. The van der Waals surface area contributed by atoms with Crippen molar-refractivity contribution in [2.45, 2.75) is 20.5 Å². The van der Waals surface area contributed by atoms with Crippen molar-refractivity contribution in [3.8, 4) is 0 Å². The lowest BCUT2D eigenvalue weighted by molar-refractivity contribution is -0.140. The van der Waals surface area contributed by atoms with Crippen LogP contribution in [0.15, 0.2) is 53.9 Å². The SMILES string of the molecule is C/C(F)=C\C=C(/C)C(=O)OCc1ccccc1. The average Bonchev–Trinajstić information content (AvgIpc) is 2.34. The number of benzene rings is 1. The second-order valence-electron chi connectivity index (χ2n) is 3.66. The summed E-state index contributed by atoms with van der Waals surface area (Å²) in [5.41, 5.74) is 1.30. The van der Waals surface area contributed by atoms with Gasteiger partial charge in [0.15, 0.2) is 0 Å². The molecule has 90 valence electrons. The van der Waals surface area contributed by atoms with E-state index < -0.39 is 5.97 Å². The van der Waals surface area contributed by atoms with Crippen LogP contribution in [0.1, 0.15) is 19.4 Å². The van der Waals surface area contributed by atoms with Gasteiger partial charge in [0.2, 0.25) is 0 Å². The summed E-state index contributed by atoms with van der Waals surface area (Å²) >= 11 is 0. The van der Waals surface area contributed by atoms with Gasteiger partial charge in [0.25, 0.3) is 0 Å². The first-order valence-electron chi connectivity index (χ1n) is 5.31. The molecule has 1 aromatic rings. The van der Waals surface area contributed by atoms with Gasteiger partial charge in [-0.2, -0.15) is 0 Å². The molecule has 0 amide bonds. The molecule has 0 aliphatic heterocycles. The van der Waals surface area contributed by atoms with Gasteiger partial charge in [-0.15, -0.1) is 0 Å². The molecule has 3 heteroatoms. The molecule has 0 heterocycles. The van der Waals surface area contributed by atoms with Gasteiger partial charge in [0.1, 0.15) is 6.61 Å². The molecule has 2 nitrogen and oxygen atoms in total. The third kappa shape index (κ3) is 5.11. The molecule has 1 rings (SSSR count). The molecule has 0 aliphatic carbocycles. The van der Waals surface area contributed by atoms with Crippen LogP contribution < -0.4 is 0 Å². The van der Waals surface area contributed by atoms with Crippen molar-refractivity contribution < 1.29 is 13.9 Å². The topological polar surface area (TPSA) is 26.3 Å². The van der Waals surface area contributed by atoms with Gasteiger partial charge in [-0.1, -0.05) is 30.3 Å². The van der Waals surface area contributed by atoms with Crippen molar-refractivity contribution in [3.63, 3.8) is 0 Å². The zero-order chi connectivity index (χ0) is 12.7. The molecule has 0 unspecified atom stereocenters. The average molecular weight is 234 g/mol. The van der Waals surface area contributed by atoms with Crippen LogP contribution >= 0.6 is 0 Å². The largest absolute Gasteiger partial charge is 0.457 e. The molecule has 0 saturated carbocycles. The minimum Gasteiger partial charge on any atom is -0.457 e. The second kappa shape index (κ2) is 6.63. The number of halogens is 1. The summed E-state index contributed by atoms with van der Waals surface area (Å²) in [5, 5.41) is 0. The van der Waals surface area contributed by atoms with E-state index in [1.165, 1.54) is 19.1 Å². The standard InChI is InChI=1S/C14H15FO2/c1-11(8-9-12(2)15)14(16)17-10-13-6-4-3-5-7-13/h3-9H,10H2,1-2H3/b11-8+,12-9+. The van der Waals surface area contributed by atoms with Crippen LogP contribution in [0.2, 0.25) is 0 Å². The van der Waals surface area contributed by atoms with E-state index in [0.717, 1.165) is 5.56 Å². The Balaban J connectivity index is 2.50. The maximum Gasteiger partial charge on any atom is 0.334 e. The molecule has 0 N–H and O–H groups in total. The molecule has 0 atom stereocenters.